The number of anilines is 1. The number of nitrogens with one attached hydrogen (secondary N) is 1. The van der Waals surface area contributed by atoms with Crippen molar-refractivity contribution < 1.29 is 4.92 Å². The van der Waals surface area contributed by atoms with Gasteiger partial charge >= 0.3 is 5.69 Å². The number of nitrogen functional groups attached to an aromatic ring is 1. The van der Waals surface area contributed by atoms with E-state index in [1.807, 2.05) is 60.7 Å². The third-order valence-corrected chi connectivity index (χ3v) is 4.76. The van der Waals surface area contributed by atoms with E-state index in [-0.39, 0.29) is 11.5 Å². The lowest BCUT2D eigenvalue weighted by Gasteiger charge is -2.15. The first-order chi connectivity index (χ1) is 12.6. The van der Waals surface area contributed by atoms with Gasteiger partial charge in [-0.05, 0) is 32.6 Å². The predicted octanol–water partition coefficient (Wildman–Crippen LogP) is 4.22. The van der Waals surface area contributed by atoms with Crippen LogP contribution in [0.4, 0.5) is 11.5 Å². The molecule has 1 heterocycles. The summed E-state index contributed by atoms with van der Waals surface area (Å²) in [5.41, 5.74) is 5.67. The van der Waals surface area contributed by atoms with E-state index in [0.717, 1.165) is 16.7 Å². The summed E-state index contributed by atoms with van der Waals surface area (Å²) in [7, 11) is 0. The van der Waals surface area contributed by atoms with Gasteiger partial charge in [-0.3, -0.25) is 10.1 Å². The van der Waals surface area contributed by atoms with E-state index in [1.54, 1.807) is 0 Å². The zero-order chi connectivity index (χ0) is 18.5. The molecule has 1 aromatic heterocycles. The van der Waals surface area contributed by atoms with Gasteiger partial charge in [0.2, 0.25) is 5.82 Å². The summed E-state index contributed by atoms with van der Waals surface area (Å²) < 4.78 is 0.547. The molecule has 0 aliphatic carbocycles. The number of nitro groups is 1. The predicted molar refractivity (Wildman–Crippen MR) is 105 cm³/mol. The highest BCUT2D eigenvalue weighted by Gasteiger charge is 2.27. The molecule has 3 rings (SSSR count). The fourth-order valence-electron chi connectivity index (χ4n) is 2.90. The maximum atomic E-state index is 11.8. The summed E-state index contributed by atoms with van der Waals surface area (Å²) in [5.74, 6) is 5.53. The van der Waals surface area contributed by atoms with E-state index < -0.39 is 4.92 Å². The van der Waals surface area contributed by atoms with Crippen molar-refractivity contribution in [3.05, 3.63) is 97.6 Å². The van der Waals surface area contributed by atoms with Crippen molar-refractivity contribution >= 4 is 27.4 Å². The van der Waals surface area contributed by atoms with Crippen LogP contribution in [0.25, 0.3) is 0 Å². The molecule has 0 unspecified atom stereocenters. The molecule has 0 radical (unpaired) electrons. The zero-order valence-electron chi connectivity index (χ0n) is 13.9. The van der Waals surface area contributed by atoms with Crippen LogP contribution < -0.4 is 11.3 Å². The molecular formula is C19H17BrN4O2. The van der Waals surface area contributed by atoms with Crippen LogP contribution in [0.2, 0.25) is 0 Å². The van der Waals surface area contributed by atoms with E-state index in [2.05, 4.69) is 26.3 Å². The van der Waals surface area contributed by atoms with Gasteiger partial charge < -0.3 is 5.43 Å². The molecule has 0 amide bonds. The van der Waals surface area contributed by atoms with Gasteiger partial charge in [0.1, 0.15) is 4.60 Å². The number of hydrogen-bond donors (Lipinski definition) is 2. The Morgan fingerprint density at radius 1 is 0.962 bits per heavy atom. The second-order valence-corrected chi connectivity index (χ2v) is 6.53. The number of rotatable bonds is 6. The minimum absolute atomic E-state index is 0.0459. The molecule has 132 valence electrons. The monoisotopic (exact) mass is 412 g/mol. The molecule has 0 atom stereocenters. The Hall–Kier alpha value is -2.77. The molecule has 0 aliphatic rings. The summed E-state index contributed by atoms with van der Waals surface area (Å²) in [4.78, 5) is 15.6. The molecule has 0 aliphatic heterocycles. The minimum Gasteiger partial charge on any atom is -0.303 e. The number of aromatic nitrogens is 1. The first-order valence-electron chi connectivity index (χ1n) is 8.00. The Labute approximate surface area is 159 Å². The van der Waals surface area contributed by atoms with Crippen LogP contribution in [0.1, 0.15) is 22.3 Å². The molecule has 0 saturated heterocycles. The van der Waals surface area contributed by atoms with E-state index >= 15 is 0 Å². The summed E-state index contributed by atoms with van der Waals surface area (Å²) in [5, 5.41) is 11.8. The number of hydrazine groups is 1. The second kappa shape index (κ2) is 8.07. The maximum Gasteiger partial charge on any atom is 0.316 e. The van der Waals surface area contributed by atoms with Crippen molar-refractivity contribution in [2.75, 3.05) is 5.43 Å². The molecule has 3 N–H and O–H groups in total. The van der Waals surface area contributed by atoms with Crippen molar-refractivity contribution in [3.63, 3.8) is 0 Å². The lowest BCUT2D eigenvalue weighted by molar-refractivity contribution is -0.384. The third kappa shape index (κ3) is 3.89. The van der Waals surface area contributed by atoms with Gasteiger partial charge in [0.25, 0.3) is 0 Å². The fourth-order valence-corrected chi connectivity index (χ4v) is 3.45. The van der Waals surface area contributed by atoms with Gasteiger partial charge in [-0.1, -0.05) is 60.7 Å². The smallest absolute Gasteiger partial charge is 0.303 e. The summed E-state index contributed by atoms with van der Waals surface area (Å²) in [6, 6.07) is 19.4. The Bertz CT molecular complexity index is 918. The van der Waals surface area contributed by atoms with Crippen LogP contribution in [0.3, 0.4) is 0 Å². The van der Waals surface area contributed by atoms with Crippen molar-refractivity contribution in [2.24, 2.45) is 5.84 Å². The Morgan fingerprint density at radius 2 is 1.46 bits per heavy atom. The third-order valence-electron chi connectivity index (χ3n) is 4.10. The molecule has 3 aromatic rings. The normalized spacial score (nSPS) is 10.5. The van der Waals surface area contributed by atoms with Gasteiger partial charge in [0.15, 0.2) is 0 Å². The lowest BCUT2D eigenvalue weighted by atomic mass is 9.95. The number of pyridine rings is 1. The van der Waals surface area contributed by atoms with Crippen molar-refractivity contribution in [1.29, 1.82) is 0 Å². The highest BCUT2D eigenvalue weighted by atomic mass is 79.9. The highest BCUT2D eigenvalue weighted by Crippen LogP contribution is 2.36. The molecule has 6 nitrogen and oxygen atoms in total. The lowest BCUT2D eigenvalue weighted by Crippen LogP contribution is -2.15. The summed E-state index contributed by atoms with van der Waals surface area (Å²) in [6.07, 6.45) is 0.942. The largest absolute Gasteiger partial charge is 0.316 e. The van der Waals surface area contributed by atoms with Crippen LogP contribution in [-0.2, 0) is 12.8 Å². The SMILES string of the molecule is NNc1nc(Br)c(Cc2ccccc2)c(Cc2ccccc2)c1[N+](=O)[O-]. The van der Waals surface area contributed by atoms with Gasteiger partial charge in [-0.15, -0.1) is 0 Å². The van der Waals surface area contributed by atoms with Crippen molar-refractivity contribution in [2.45, 2.75) is 12.8 Å². The average molecular weight is 413 g/mol. The van der Waals surface area contributed by atoms with E-state index in [4.69, 9.17) is 5.84 Å². The average Bonchev–Trinajstić information content (AvgIpc) is 2.65. The first kappa shape index (κ1) is 18.0. The van der Waals surface area contributed by atoms with Crippen LogP contribution in [0.15, 0.2) is 65.3 Å². The number of benzene rings is 2. The van der Waals surface area contributed by atoms with Crippen LogP contribution >= 0.6 is 15.9 Å². The standard InChI is InChI=1S/C19H17BrN4O2/c20-18-16(12-14-9-5-2-6-10-14)15(11-13-7-3-1-4-8-13)17(24(25)26)19(22-18)23-21/h1-10H,11-12,21H2,(H,22,23). The van der Waals surface area contributed by atoms with E-state index in [9.17, 15) is 10.1 Å². The number of nitrogens with zero attached hydrogens (tertiary/aromatic N) is 2. The van der Waals surface area contributed by atoms with Gasteiger partial charge in [-0.2, -0.15) is 0 Å². The van der Waals surface area contributed by atoms with E-state index in [0.29, 0.717) is 23.0 Å². The Morgan fingerprint density at radius 3 is 1.92 bits per heavy atom. The molecule has 0 spiro atoms. The molecule has 0 fully saturated rings. The van der Waals surface area contributed by atoms with Gasteiger partial charge in [0.05, 0.1) is 4.92 Å². The number of halogens is 1. The maximum absolute atomic E-state index is 11.8. The molecule has 0 saturated carbocycles. The molecule has 0 bridgehead atoms. The first-order valence-corrected chi connectivity index (χ1v) is 8.79. The van der Waals surface area contributed by atoms with Crippen LogP contribution in [-0.4, -0.2) is 9.91 Å². The number of nitrogens with two attached hydrogens (primary N) is 1. The fraction of sp³-hybridized carbons (Fsp3) is 0.105. The minimum atomic E-state index is -0.429. The highest BCUT2D eigenvalue weighted by molar-refractivity contribution is 9.10. The van der Waals surface area contributed by atoms with E-state index in [1.165, 1.54) is 0 Å². The van der Waals surface area contributed by atoms with Crippen molar-refractivity contribution in [3.8, 4) is 0 Å². The molecule has 2 aromatic carbocycles. The summed E-state index contributed by atoms with van der Waals surface area (Å²) >= 11 is 3.46. The van der Waals surface area contributed by atoms with Gasteiger partial charge in [-0.25, -0.2) is 10.8 Å². The van der Waals surface area contributed by atoms with Crippen LogP contribution in [0, 0.1) is 10.1 Å². The molecule has 26 heavy (non-hydrogen) atoms. The second-order valence-electron chi connectivity index (χ2n) is 5.78. The number of hydrogen-bond acceptors (Lipinski definition) is 5. The topological polar surface area (TPSA) is 94.1 Å². The quantitative estimate of drug-likeness (QED) is 0.273. The summed E-state index contributed by atoms with van der Waals surface area (Å²) in [6.45, 7) is 0. The van der Waals surface area contributed by atoms with Crippen molar-refractivity contribution in [1.82, 2.24) is 4.98 Å². The molecular weight excluding hydrogens is 396 g/mol. The van der Waals surface area contributed by atoms with Gasteiger partial charge in [0, 0.05) is 18.4 Å². The zero-order valence-corrected chi connectivity index (χ0v) is 15.4. The Kier molecular flexibility index (Phi) is 5.60. The Balaban J connectivity index is 2.17. The molecule has 7 heteroatoms. The van der Waals surface area contributed by atoms with Crippen LogP contribution in [0.5, 0.6) is 0 Å².